The summed E-state index contributed by atoms with van der Waals surface area (Å²) in [6.45, 7) is 7.25. The number of aryl methyl sites for hydroxylation is 1. The van der Waals surface area contributed by atoms with Crippen molar-refractivity contribution < 1.29 is 50.1 Å². The molecule has 4 fully saturated rings. The van der Waals surface area contributed by atoms with Gasteiger partial charge in [-0.15, -0.1) is 0 Å². The molecule has 2 saturated carbocycles. The molecule has 4 aliphatic rings. The van der Waals surface area contributed by atoms with Crippen LogP contribution in [0.2, 0.25) is 0 Å². The van der Waals surface area contributed by atoms with Crippen molar-refractivity contribution in [3.8, 4) is 16.9 Å². The van der Waals surface area contributed by atoms with E-state index in [0.29, 0.717) is 56.9 Å². The molecule has 0 radical (unpaired) electrons. The third kappa shape index (κ3) is 10.4. The summed E-state index contributed by atoms with van der Waals surface area (Å²) >= 11 is 0. The van der Waals surface area contributed by atoms with E-state index in [-0.39, 0.29) is 58.9 Å². The molecule has 0 aromatic heterocycles. The van der Waals surface area contributed by atoms with E-state index in [4.69, 9.17) is 18.9 Å². The van der Waals surface area contributed by atoms with Gasteiger partial charge in [0.2, 0.25) is 5.82 Å². The first-order valence-electron chi connectivity index (χ1n) is 19.0. The number of carbonyl (C=O) groups excluding carboxylic acids is 1. The molecule has 2 aliphatic carbocycles. The second-order valence-electron chi connectivity index (χ2n) is 14.2. The third-order valence-electron chi connectivity index (χ3n) is 10.6. The first-order chi connectivity index (χ1) is 25.6. The van der Waals surface area contributed by atoms with Crippen molar-refractivity contribution in [2.45, 2.75) is 109 Å². The van der Waals surface area contributed by atoms with E-state index in [1.807, 2.05) is 0 Å². The molecule has 5 nitrogen and oxygen atoms in total. The SMILES string of the molecule is C1CCOC1.C1CCOC1.CCOc1ccc(-c2ccc(C3CCC(OC(=O)C4CCC(c5ccc(C)c(F)c5F)CC4)CC3)c(F)c2F)c(F)c1F. The van der Waals surface area contributed by atoms with Gasteiger partial charge >= 0.3 is 5.97 Å². The normalized spacial score (nSPS) is 22.6. The molecule has 0 unspecified atom stereocenters. The van der Waals surface area contributed by atoms with Gasteiger partial charge in [-0.2, -0.15) is 4.39 Å². The van der Waals surface area contributed by atoms with Crippen molar-refractivity contribution in [2.75, 3.05) is 33.0 Å². The average Bonchev–Trinajstić information content (AvgIpc) is 3.96. The fourth-order valence-electron chi connectivity index (χ4n) is 7.48. The number of ether oxygens (including phenoxy) is 4. The minimum Gasteiger partial charge on any atom is -0.491 e. The summed E-state index contributed by atoms with van der Waals surface area (Å²) in [7, 11) is 0. The summed E-state index contributed by atoms with van der Waals surface area (Å²) in [6.07, 6.45) is 8.78. The smallest absolute Gasteiger partial charge is 0.309 e. The van der Waals surface area contributed by atoms with E-state index in [1.54, 1.807) is 19.1 Å². The molecule has 53 heavy (non-hydrogen) atoms. The summed E-state index contributed by atoms with van der Waals surface area (Å²) in [4.78, 5) is 12.9. The van der Waals surface area contributed by atoms with Gasteiger partial charge in [0.15, 0.2) is 34.8 Å². The van der Waals surface area contributed by atoms with E-state index in [9.17, 15) is 22.4 Å². The van der Waals surface area contributed by atoms with Crippen LogP contribution in [0.4, 0.5) is 26.3 Å². The van der Waals surface area contributed by atoms with Crippen LogP contribution in [-0.2, 0) is 19.0 Å². The Hall–Kier alpha value is -3.57. The Morgan fingerprint density at radius 2 is 1.08 bits per heavy atom. The van der Waals surface area contributed by atoms with Gasteiger partial charge in [0, 0.05) is 37.6 Å². The van der Waals surface area contributed by atoms with Crippen LogP contribution in [0.25, 0.3) is 11.1 Å². The Morgan fingerprint density at radius 3 is 1.58 bits per heavy atom. The first kappa shape index (κ1) is 40.6. The van der Waals surface area contributed by atoms with Gasteiger partial charge in [-0.1, -0.05) is 24.3 Å². The molecule has 3 aromatic carbocycles. The predicted octanol–water partition coefficient (Wildman–Crippen LogP) is 11.0. The van der Waals surface area contributed by atoms with Crippen LogP contribution in [0.5, 0.6) is 5.75 Å². The predicted molar refractivity (Wildman–Crippen MR) is 190 cm³/mol. The number of benzene rings is 3. The Morgan fingerprint density at radius 1 is 0.604 bits per heavy atom. The molecule has 0 atom stereocenters. The Labute approximate surface area is 308 Å². The lowest BCUT2D eigenvalue weighted by atomic mass is 9.78. The molecule has 0 N–H and O–H groups in total. The Bertz CT molecular complexity index is 1630. The molecule has 7 rings (SSSR count). The van der Waals surface area contributed by atoms with Gasteiger partial charge in [-0.05, 0) is 132 Å². The van der Waals surface area contributed by atoms with Crippen LogP contribution in [0.1, 0.15) is 112 Å². The molecule has 0 spiro atoms. The van der Waals surface area contributed by atoms with Gasteiger partial charge in [0.05, 0.1) is 12.5 Å². The van der Waals surface area contributed by atoms with E-state index in [0.717, 1.165) is 32.5 Å². The highest BCUT2D eigenvalue weighted by atomic mass is 19.2. The van der Waals surface area contributed by atoms with Crippen molar-refractivity contribution >= 4 is 5.97 Å². The summed E-state index contributed by atoms with van der Waals surface area (Å²) in [5.74, 6) is -7.99. The second kappa shape index (κ2) is 19.7. The van der Waals surface area contributed by atoms with Gasteiger partial charge in [-0.3, -0.25) is 4.79 Å². The van der Waals surface area contributed by atoms with E-state index in [1.165, 1.54) is 50.8 Å². The maximum absolute atomic E-state index is 15.2. The molecule has 2 saturated heterocycles. The quantitative estimate of drug-likeness (QED) is 0.178. The van der Waals surface area contributed by atoms with Crippen LogP contribution in [-0.4, -0.2) is 45.1 Å². The molecule has 3 aromatic rings. The topological polar surface area (TPSA) is 54.0 Å². The largest absolute Gasteiger partial charge is 0.491 e. The number of hydrogen-bond donors (Lipinski definition) is 0. The Balaban J connectivity index is 0.000000466. The number of halogens is 6. The van der Waals surface area contributed by atoms with Crippen molar-refractivity contribution in [2.24, 2.45) is 5.92 Å². The molecule has 0 bridgehead atoms. The van der Waals surface area contributed by atoms with E-state index in [2.05, 4.69) is 0 Å². The fraction of sp³-hybridized carbons (Fsp3) is 0.548. The minimum atomic E-state index is -1.32. The molecule has 290 valence electrons. The average molecular weight is 749 g/mol. The minimum absolute atomic E-state index is 0.121. The molecular weight excluding hydrogens is 698 g/mol. The van der Waals surface area contributed by atoms with Gasteiger partial charge in [0.25, 0.3) is 0 Å². The van der Waals surface area contributed by atoms with E-state index >= 15 is 8.78 Å². The highest BCUT2D eigenvalue weighted by Crippen LogP contribution is 2.41. The number of hydrogen-bond acceptors (Lipinski definition) is 5. The zero-order valence-electron chi connectivity index (χ0n) is 30.6. The molecule has 11 heteroatoms. The van der Waals surface area contributed by atoms with Gasteiger partial charge in [0.1, 0.15) is 6.10 Å². The fourth-order valence-corrected chi connectivity index (χ4v) is 7.48. The van der Waals surface area contributed by atoms with Crippen LogP contribution >= 0.6 is 0 Å². The highest BCUT2D eigenvalue weighted by molar-refractivity contribution is 5.72. The highest BCUT2D eigenvalue weighted by Gasteiger charge is 2.34. The van der Waals surface area contributed by atoms with Crippen molar-refractivity contribution in [1.82, 2.24) is 0 Å². The molecule has 0 amide bonds. The molecule has 2 heterocycles. The van der Waals surface area contributed by atoms with Crippen LogP contribution in [0.15, 0.2) is 36.4 Å². The summed E-state index contributed by atoms with van der Waals surface area (Å²) < 4.78 is 108. The lowest BCUT2D eigenvalue weighted by molar-refractivity contribution is -0.157. The monoisotopic (exact) mass is 748 g/mol. The Kier molecular flexibility index (Phi) is 15.1. The third-order valence-corrected chi connectivity index (χ3v) is 10.6. The van der Waals surface area contributed by atoms with Gasteiger partial charge < -0.3 is 18.9 Å². The summed E-state index contributed by atoms with van der Waals surface area (Å²) in [5, 5.41) is 0. The van der Waals surface area contributed by atoms with Crippen LogP contribution < -0.4 is 4.74 Å². The van der Waals surface area contributed by atoms with Crippen LogP contribution in [0.3, 0.4) is 0 Å². The second-order valence-corrected chi connectivity index (χ2v) is 14.2. The standard InChI is InChI=1S/C34H34F6O3.2C4H8O/c1-3-42-27-17-16-26(32(39)33(27)40)25-15-14-24(30(37)31(25)38)20-9-11-22(12-10-20)43-34(41)21-7-5-19(6-8-21)23-13-4-18(2)28(35)29(23)36;2*1-2-4-5-3-1/h4,13-17,19-22H,3,5-12H2,1-2H3;2*1-4H2. The lowest BCUT2D eigenvalue weighted by Gasteiger charge is -2.32. The zero-order valence-corrected chi connectivity index (χ0v) is 30.6. The number of rotatable bonds is 7. The van der Waals surface area contributed by atoms with Crippen molar-refractivity contribution in [3.63, 3.8) is 0 Å². The lowest BCUT2D eigenvalue weighted by Crippen LogP contribution is -2.30. The van der Waals surface area contributed by atoms with Crippen molar-refractivity contribution in [3.05, 3.63) is 88.0 Å². The number of esters is 1. The van der Waals surface area contributed by atoms with Crippen LogP contribution in [0, 0.1) is 47.7 Å². The van der Waals surface area contributed by atoms with Crippen molar-refractivity contribution in [1.29, 1.82) is 0 Å². The maximum Gasteiger partial charge on any atom is 0.309 e. The summed E-state index contributed by atoms with van der Waals surface area (Å²) in [5.41, 5.74) is -0.0233. The maximum atomic E-state index is 15.2. The first-order valence-corrected chi connectivity index (χ1v) is 19.0. The molecular formula is C42H50F6O5. The number of carbonyl (C=O) groups is 1. The molecule has 2 aliphatic heterocycles. The van der Waals surface area contributed by atoms with Gasteiger partial charge in [-0.25, -0.2) is 22.0 Å². The van der Waals surface area contributed by atoms with E-state index < -0.39 is 40.5 Å². The zero-order chi connectivity index (χ0) is 37.9. The summed E-state index contributed by atoms with van der Waals surface area (Å²) in [6, 6.07) is 8.19.